The van der Waals surface area contributed by atoms with E-state index in [-0.39, 0.29) is 0 Å². The molecule has 0 saturated heterocycles. The summed E-state index contributed by atoms with van der Waals surface area (Å²) >= 11 is 3.65. The highest BCUT2D eigenvalue weighted by atomic mass is 79.9. The van der Waals surface area contributed by atoms with E-state index < -0.39 is 0 Å². The zero-order chi connectivity index (χ0) is 17.2. The van der Waals surface area contributed by atoms with E-state index in [2.05, 4.69) is 41.1 Å². The van der Waals surface area contributed by atoms with Gasteiger partial charge in [-0.05, 0) is 104 Å². The van der Waals surface area contributed by atoms with Crippen molar-refractivity contribution in [2.45, 2.75) is 84.0 Å². The van der Waals surface area contributed by atoms with E-state index in [0.29, 0.717) is 0 Å². The van der Waals surface area contributed by atoms with Crippen molar-refractivity contribution >= 4 is 15.9 Å². The van der Waals surface area contributed by atoms with Gasteiger partial charge in [0.1, 0.15) is 0 Å². The molecular formula is C24H35Br. The van der Waals surface area contributed by atoms with Crippen LogP contribution in [0, 0.1) is 29.6 Å². The molecule has 2 fully saturated rings. The van der Waals surface area contributed by atoms with Crippen molar-refractivity contribution in [3.05, 3.63) is 33.8 Å². The van der Waals surface area contributed by atoms with Crippen LogP contribution in [0.15, 0.2) is 22.7 Å². The third-order valence-corrected chi connectivity index (χ3v) is 8.36. The Bertz CT molecular complexity index is 561. The minimum absolute atomic E-state index is 0.936. The molecule has 1 atom stereocenters. The van der Waals surface area contributed by atoms with Crippen LogP contribution in [0.3, 0.4) is 0 Å². The van der Waals surface area contributed by atoms with Crippen LogP contribution in [0.1, 0.15) is 82.3 Å². The first kappa shape index (κ1) is 18.1. The molecule has 0 aliphatic heterocycles. The Morgan fingerprint density at radius 2 is 1.32 bits per heavy atom. The second-order valence-corrected chi connectivity index (χ2v) is 10.2. The lowest BCUT2D eigenvalue weighted by atomic mass is 9.67. The molecule has 1 aromatic rings. The molecule has 0 aromatic heterocycles. The van der Waals surface area contributed by atoms with Gasteiger partial charge >= 0.3 is 0 Å². The Morgan fingerprint density at radius 3 is 1.96 bits per heavy atom. The van der Waals surface area contributed by atoms with E-state index in [1.807, 2.05) is 0 Å². The van der Waals surface area contributed by atoms with Gasteiger partial charge in [0, 0.05) is 4.47 Å². The van der Waals surface area contributed by atoms with E-state index in [9.17, 15) is 0 Å². The molecule has 0 heterocycles. The summed E-state index contributed by atoms with van der Waals surface area (Å²) in [5.41, 5.74) is 3.25. The number of halogens is 1. The van der Waals surface area contributed by atoms with Gasteiger partial charge in [-0.3, -0.25) is 0 Å². The first-order valence-electron chi connectivity index (χ1n) is 11.0. The predicted molar refractivity (Wildman–Crippen MR) is 111 cm³/mol. The fraction of sp³-hybridized carbons (Fsp3) is 0.750. The lowest BCUT2D eigenvalue weighted by Gasteiger charge is -2.39. The normalized spacial score (nSPS) is 35.5. The Kier molecular flexibility index (Phi) is 5.90. The largest absolute Gasteiger partial charge is 0.0654 e. The molecule has 0 amide bonds. The van der Waals surface area contributed by atoms with Gasteiger partial charge in [-0.2, -0.15) is 0 Å². The zero-order valence-corrected chi connectivity index (χ0v) is 17.6. The Labute approximate surface area is 163 Å². The average Bonchev–Trinajstić information content (AvgIpc) is 3.06. The second kappa shape index (κ2) is 8.15. The van der Waals surface area contributed by atoms with Crippen molar-refractivity contribution in [2.75, 3.05) is 0 Å². The number of benzene rings is 1. The minimum atomic E-state index is 0.936. The summed E-state index contributed by atoms with van der Waals surface area (Å²) in [5.74, 6) is 5.14. The number of hydrogen-bond acceptors (Lipinski definition) is 0. The monoisotopic (exact) mass is 402 g/mol. The zero-order valence-electron chi connectivity index (χ0n) is 16.0. The second-order valence-electron chi connectivity index (χ2n) is 9.33. The molecule has 0 nitrogen and oxygen atoms in total. The van der Waals surface area contributed by atoms with E-state index in [0.717, 1.165) is 29.6 Å². The standard InChI is InChI=1S/C24H35Br/c1-2-3-17-4-6-18(7-5-17)19-8-10-20(11-9-19)22-14-21-12-13-24(25)16-23(21)15-22/h12-13,16-20,22H,2-11,14-15H2,1H3. The van der Waals surface area contributed by atoms with Gasteiger partial charge in [0.2, 0.25) is 0 Å². The fourth-order valence-corrected chi connectivity index (χ4v) is 6.81. The predicted octanol–water partition coefficient (Wildman–Crippen LogP) is 7.58. The van der Waals surface area contributed by atoms with Crippen molar-refractivity contribution < 1.29 is 0 Å². The molecule has 3 aliphatic rings. The summed E-state index contributed by atoms with van der Waals surface area (Å²) in [7, 11) is 0. The highest BCUT2D eigenvalue weighted by Crippen LogP contribution is 2.45. The molecule has 0 bridgehead atoms. The summed E-state index contributed by atoms with van der Waals surface area (Å²) in [6.07, 6.45) is 17.8. The molecule has 138 valence electrons. The van der Waals surface area contributed by atoms with E-state index in [1.54, 1.807) is 24.0 Å². The van der Waals surface area contributed by atoms with Crippen LogP contribution in [0.4, 0.5) is 0 Å². The summed E-state index contributed by atoms with van der Waals surface area (Å²) < 4.78 is 1.26. The van der Waals surface area contributed by atoms with Crippen molar-refractivity contribution in [3.8, 4) is 0 Å². The van der Waals surface area contributed by atoms with Gasteiger partial charge in [0.25, 0.3) is 0 Å². The Morgan fingerprint density at radius 1 is 0.760 bits per heavy atom. The summed E-state index contributed by atoms with van der Waals surface area (Å²) in [4.78, 5) is 0. The summed E-state index contributed by atoms with van der Waals surface area (Å²) in [5, 5.41) is 0. The average molecular weight is 403 g/mol. The maximum Gasteiger partial charge on any atom is 0.0178 e. The van der Waals surface area contributed by atoms with Crippen LogP contribution in [0.25, 0.3) is 0 Å². The number of rotatable bonds is 4. The summed E-state index contributed by atoms with van der Waals surface area (Å²) in [6, 6.07) is 6.96. The van der Waals surface area contributed by atoms with E-state index in [4.69, 9.17) is 0 Å². The van der Waals surface area contributed by atoms with Crippen LogP contribution >= 0.6 is 15.9 Å². The van der Waals surface area contributed by atoms with Crippen molar-refractivity contribution in [1.82, 2.24) is 0 Å². The first-order chi connectivity index (χ1) is 12.2. The molecule has 0 N–H and O–H groups in total. The molecule has 0 radical (unpaired) electrons. The Hall–Kier alpha value is -0.300. The molecule has 1 aromatic carbocycles. The number of fused-ring (bicyclic) bond motifs is 1. The van der Waals surface area contributed by atoms with E-state index in [1.165, 1.54) is 68.7 Å². The molecule has 1 unspecified atom stereocenters. The molecule has 1 heteroatoms. The molecule has 2 saturated carbocycles. The quantitative estimate of drug-likeness (QED) is 0.486. The first-order valence-corrected chi connectivity index (χ1v) is 11.8. The topological polar surface area (TPSA) is 0 Å². The van der Waals surface area contributed by atoms with Crippen LogP contribution < -0.4 is 0 Å². The van der Waals surface area contributed by atoms with Crippen LogP contribution in [-0.2, 0) is 12.8 Å². The lowest BCUT2D eigenvalue weighted by Crippen LogP contribution is -2.28. The van der Waals surface area contributed by atoms with Gasteiger partial charge in [0.15, 0.2) is 0 Å². The van der Waals surface area contributed by atoms with E-state index >= 15 is 0 Å². The maximum atomic E-state index is 3.65. The molecular weight excluding hydrogens is 368 g/mol. The number of hydrogen-bond donors (Lipinski definition) is 0. The molecule has 0 spiro atoms. The van der Waals surface area contributed by atoms with Crippen molar-refractivity contribution in [3.63, 3.8) is 0 Å². The van der Waals surface area contributed by atoms with Crippen molar-refractivity contribution in [2.24, 2.45) is 29.6 Å². The smallest absolute Gasteiger partial charge is 0.0178 e. The summed E-state index contributed by atoms with van der Waals surface area (Å²) in [6.45, 7) is 2.35. The third-order valence-electron chi connectivity index (χ3n) is 7.87. The van der Waals surface area contributed by atoms with Crippen molar-refractivity contribution in [1.29, 1.82) is 0 Å². The van der Waals surface area contributed by atoms with Crippen LogP contribution in [-0.4, -0.2) is 0 Å². The Balaban J connectivity index is 1.26. The highest BCUT2D eigenvalue weighted by molar-refractivity contribution is 9.10. The SMILES string of the molecule is CCCC1CCC(C2CCC(C3Cc4ccc(Br)cc4C3)CC2)CC1. The van der Waals surface area contributed by atoms with Gasteiger partial charge in [-0.1, -0.05) is 54.6 Å². The van der Waals surface area contributed by atoms with Gasteiger partial charge in [0.05, 0.1) is 0 Å². The fourth-order valence-electron chi connectivity index (χ4n) is 6.40. The van der Waals surface area contributed by atoms with Gasteiger partial charge in [-0.15, -0.1) is 0 Å². The van der Waals surface area contributed by atoms with Gasteiger partial charge in [-0.25, -0.2) is 0 Å². The highest BCUT2D eigenvalue weighted by Gasteiger charge is 2.35. The molecule has 3 aliphatic carbocycles. The maximum absolute atomic E-state index is 3.65. The third kappa shape index (κ3) is 4.18. The lowest BCUT2D eigenvalue weighted by molar-refractivity contribution is 0.125. The van der Waals surface area contributed by atoms with Crippen LogP contribution in [0.5, 0.6) is 0 Å². The molecule has 25 heavy (non-hydrogen) atoms. The molecule has 4 rings (SSSR count). The van der Waals surface area contributed by atoms with Crippen LogP contribution in [0.2, 0.25) is 0 Å². The minimum Gasteiger partial charge on any atom is -0.0654 e. The van der Waals surface area contributed by atoms with Gasteiger partial charge < -0.3 is 0 Å².